The van der Waals surface area contributed by atoms with E-state index in [4.69, 9.17) is 0 Å². The van der Waals surface area contributed by atoms with Crippen molar-refractivity contribution in [1.82, 2.24) is 14.6 Å². The predicted octanol–water partition coefficient (Wildman–Crippen LogP) is 2.74. The van der Waals surface area contributed by atoms with E-state index in [0.717, 1.165) is 42.7 Å². The van der Waals surface area contributed by atoms with Crippen molar-refractivity contribution in [2.24, 2.45) is 0 Å². The zero-order chi connectivity index (χ0) is 15.0. The second-order valence-electron chi connectivity index (χ2n) is 6.99. The molecule has 0 aromatic carbocycles. The Kier molecular flexibility index (Phi) is 3.61. The van der Waals surface area contributed by atoms with Gasteiger partial charge in [-0.3, -0.25) is 0 Å². The summed E-state index contributed by atoms with van der Waals surface area (Å²) in [6, 6.07) is 2.18. The van der Waals surface area contributed by atoms with E-state index in [2.05, 4.69) is 42.2 Å². The number of aromatic nitrogens is 3. The fraction of sp³-hybridized carbons (Fsp3) is 0.625. The van der Waals surface area contributed by atoms with Gasteiger partial charge in [0.2, 0.25) is 0 Å². The zero-order valence-corrected chi connectivity index (χ0v) is 13.0. The molecule has 0 aliphatic heterocycles. The third-order valence-electron chi connectivity index (χ3n) is 4.21. The summed E-state index contributed by atoms with van der Waals surface area (Å²) in [6.07, 6.45) is 7.46. The standard InChI is InChI=1S/C16H24N4O/c1-16(2,3)14-10-12-15(17-8-9-20(12)19-14)18-11-6-4-5-7-13(11)21/h8-11,13,21H,4-7H2,1-3H3,(H,17,18). The molecule has 2 aromatic rings. The lowest BCUT2D eigenvalue weighted by Gasteiger charge is -2.28. The fourth-order valence-corrected chi connectivity index (χ4v) is 2.86. The molecule has 0 spiro atoms. The topological polar surface area (TPSA) is 62.5 Å². The first-order valence-corrected chi connectivity index (χ1v) is 7.74. The molecule has 0 radical (unpaired) electrons. The first kappa shape index (κ1) is 14.3. The second kappa shape index (κ2) is 5.30. The molecule has 2 heterocycles. The summed E-state index contributed by atoms with van der Waals surface area (Å²) in [6.45, 7) is 6.46. The van der Waals surface area contributed by atoms with Crippen LogP contribution in [0.25, 0.3) is 5.52 Å². The smallest absolute Gasteiger partial charge is 0.152 e. The van der Waals surface area contributed by atoms with Crippen LogP contribution >= 0.6 is 0 Å². The SMILES string of the molecule is CC(C)(C)c1cc2c(NC3CCCCC3O)nccn2n1. The van der Waals surface area contributed by atoms with E-state index in [9.17, 15) is 5.11 Å². The lowest BCUT2D eigenvalue weighted by Crippen LogP contribution is -2.36. The minimum absolute atomic E-state index is 0.00758. The van der Waals surface area contributed by atoms with Gasteiger partial charge in [-0.15, -0.1) is 0 Å². The van der Waals surface area contributed by atoms with E-state index >= 15 is 0 Å². The van der Waals surface area contributed by atoms with Gasteiger partial charge in [0.05, 0.1) is 17.8 Å². The van der Waals surface area contributed by atoms with Gasteiger partial charge in [0, 0.05) is 17.8 Å². The van der Waals surface area contributed by atoms with Gasteiger partial charge in [-0.25, -0.2) is 9.50 Å². The second-order valence-corrected chi connectivity index (χ2v) is 6.99. The highest BCUT2D eigenvalue weighted by molar-refractivity contribution is 5.68. The van der Waals surface area contributed by atoms with Crippen LogP contribution in [0.4, 0.5) is 5.82 Å². The average Bonchev–Trinajstić information content (AvgIpc) is 2.86. The average molecular weight is 288 g/mol. The van der Waals surface area contributed by atoms with E-state index in [0.29, 0.717) is 0 Å². The molecule has 0 bridgehead atoms. The van der Waals surface area contributed by atoms with Crippen LogP contribution in [0.5, 0.6) is 0 Å². The molecule has 2 atom stereocenters. The summed E-state index contributed by atoms with van der Waals surface area (Å²) in [4.78, 5) is 4.45. The van der Waals surface area contributed by atoms with Gasteiger partial charge >= 0.3 is 0 Å². The Morgan fingerprint density at radius 1 is 1.29 bits per heavy atom. The molecule has 2 unspecified atom stereocenters. The summed E-state index contributed by atoms with van der Waals surface area (Å²) in [5.74, 6) is 0.812. The Labute approximate surface area is 125 Å². The van der Waals surface area contributed by atoms with Crippen LogP contribution in [0.1, 0.15) is 52.1 Å². The molecule has 1 aliphatic rings. The molecule has 5 heteroatoms. The fourth-order valence-electron chi connectivity index (χ4n) is 2.86. The normalized spacial score (nSPS) is 23.4. The van der Waals surface area contributed by atoms with Crippen molar-refractivity contribution in [2.75, 3.05) is 5.32 Å². The van der Waals surface area contributed by atoms with Crippen LogP contribution in [-0.4, -0.2) is 31.9 Å². The van der Waals surface area contributed by atoms with Crippen LogP contribution < -0.4 is 5.32 Å². The number of nitrogens with zero attached hydrogens (tertiary/aromatic N) is 3. The van der Waals surface area contributed by atoms with Crippen molar-refractivity contribution in [3.8, 4) is 0 Å². The molecule has 1 aliphatic carbocycles. The lowest BCUT2D eigenvalue weighted by atomic mass is 9.92. The molecule has 1 saturated carbocycles. The van der Waals surface area contributed by atoms with E-state index in [1.54, 1.807) is 6.20 Å². The van der Waals surface area contributed by atoms with Crippen LogP contribution in [0.15, 0.2) is 18.5 Å². The number of anilines is 1. The molecule has 2 N–H and O–H groups in total. The summed E-state index contributed by atoms with van der Waals surface area (Å²) >= 11 is 0. The van der Waals surface area contributed by atoms with Crippen molar-refractivity contribution in [1.29, 1.82) is 0 Å². The van der Waals surface area contributed by atoms with Crippen molar-refractivity contribution in [3.05, 3.63) is 24.2 Å². The first-order chi connectivity index (χ1) is 9.95. The first-order valence-electron chi connectivity index (χ1n) is 7.74. The molecule has 21 heavy (non-hydrogen) atoms. The lowest BCUT2D eigenvalue weighted by molar-refractivity contribution is 0.116. The number of aliphatic hydroxyl groups excluding tert-OH is 1. The van der Waals surface area contributed by atoms with Crippen molar-refractivity contribution < 1.29 is 5.11 Å². The van der Waals surface area contributed by atoms with Crippen LogP contribution in [0.2, 0.25) is 0 Å². The van der Waals surface area contributed by atoms with Gasteiger partial charge in [0.25, 0.3) is 0 Å². The zero-order valence-electron chi connectivity index (χ0n) is 13.0. The van der Waals surface area contributed by atoms with Crippen molar-refractivity contribution in [3.63, 3.8) is 0 Å². The predicted molar refractivity (Wildman–Crippen MR) is 83.6 cm³/mol. The summed E-state index contributed by atoms with van der Waals surface area (Å²) < 4.78 is 1.87. The van der Waals surface area contributed by atoms with E-state index < -0.39 is 0 Å². The molecule has 0 amide bonds. The third kappa shape index (κ3) is 2.88. The highest BCUT2D eigenvalue weighted by Gasteiger charge is 2.25. The Balaban J connectivity index is 1.93. The van der Waals surface area contributed by atoms with Gasteiger partial charge in [-0.05, 0) is 18.9 Å². The van der Waals surface area contributed by atoms with Gasteiger partial charge in [-0.2, -0.15) is 5.10 Å². The quantitative estimate of drug-likeness (QED) is 0.892. The van der Waals surface area contributed by atoms with Gasteiger partial charge in [-0.1, -0.05) is 33.6 Å². The molecule has 2 aromatic heterocycles. The van der Waals surface area contributed by atoms with E-state index in [-0.39, 0.29) is 17.6 Å². The Hall–Kier alpha value is -1.62. The Bertz CT molecular complexity index is 629. The maximum atomic E-state index is 10.1. The van der Waals surface area contributed by atoms with Crippen LogP contribution in [-0.2, 0) is 5.41 Å². The minimum Gasteiger partial charge on any atom is -0.391 e. The number of aliphatic hydroxyl groups is 1. The molecule has 1 fully saturated rings. The number of hydrogen-bond donors (Lipinski definition) is 2. The summed E-state index contributed by atoms with van der Waals surface area (Å²) in [5, 5.41) is 18.2. The number of nitrogens with one attached hydrogen (secondary N) is 1. The Morgan fingerprint density at radius 3 is 2.76 bits per heavy atom. The highest BCUT2D eigenvalue weighted by Crippen LogP contribution is 2.27. The molecule has 3 rings (SSSR count). The van der Waals surface area contributed by atoms with Gasteiger partial charge in [0.1, 0.15) is 5.52 Å². The maximum Gasteiger partial charge on any atom is 0.152 e. The molecular weight excluding hydrogens is 264 g/mol. The molecular formula is C16H24N4O. The van der Waals surface area contributed by atoms with E-state index in [1.165, 1.54) is 0 Å². The number of hydrogen-bond acceptors (Lipinski definition) is 4. The largest absolute Gasteiger partial charge is 0.391 e. The van der Waals surface area contributed by atoms with E-state index in [1.807, 2.05) is 10.7 Å². The number of fused-ring (bicyclic) bond motifs is 1. The summed E-state index contributed by atoms with van der Waals surface area (Å²) in [7, 11) is 0. The van der Waals surface area contributed by atoms with Crippen molar-refractivity contribution in [2.45, 2.75) is 64.0 Å². The summed E-state index contributed by atoms with van der Waals surface area (Å²) in [5.41, 5.74) is 2.02. The number of rotatable bonds is 2. The highest BCUT2D eigenvalue weighted by atomic mass is 16.3. The Morgan fingerprint density at radius 2 is 2.05 bits per heavy atom. The van der Waals surface area contributed by atoms with Crippen molar-refractivity contribution >= 4 is 11.3 Å². The van der Waals surface area contributed by atoms with Crippen LogP contribution in [0.3, 0.4) is 0 Å². The van der Waals surface area contributed by atoms with Gasteiger partial charge < -0.3 is 10.4 Å². The van der Waals surface area contributed by atoms with Gasteiger partial charge in [0.15, 0.2) is 5.82 Å². The maximum absolute atomic E-state index is 10.1. The molecule has 5 nitrogen and oxygen atoms in total. The minimum atomic E-state index is -0.286. The molecule has 0 saturated heterocycles. The monoisotopic (exact) mass is 288 g/mol. The van der Waals surface area contributed by atoms with Crippen LogP contribution in [0, 0.1) is 0 Å². The molecule has 114 valence electrons. The third-order valence-corrected chi connectivity index (χ3v) is 4.21.